The fraction of sp³-hybridized carbons (Fsp3) is 0.645. The second-order valence-corrected chi connectivity index (χ2v) is 17.9. The third-order valence-corrected chi connectivity index (χ3v) is 13.9. The number of likely N-dealkylation sites (N-methyl/N-ethyl adjacent to an activating group) is 1. The summed E-state index contributed by atoms with van der Waals surface area (Å²) < 4.78 is 71.1. The molecule has 0 radical (unpaired) electrons. The van der Waals surface area contributed by atoms with Crippen molar-refractivity contribution in [3.63, 3.8) is 0 Å². The molecule has 4 aliphatic rings. The van der Waals surface area contributed by atoms with Crippen LogP contribution in [-0.2, 0) is 24.6 Å². The fourth-order valence-corrected chi connectivity index (χ4v) is 9.86. The van der Waals surface area contributed by atoms with E-state index in [2.05, 4.69) is 10.3 Å². The highest BCUT2D eigenvalue weighted by molar-refractivity contribution is 7.93. The maximum absolute atomic E-state index is 13.5. The van der Waals surface area contributed by atoms with Crippen LogP contribution >= 0.6 is 0 Å². The maximum atomic E-state index is 13.5. The maximum Gasteiger partial charge on any atom is 0.260 e. The van der Waals surface area contributed by atoms with Crippen molar-refractivity contribution >= 4 is 25.5 Å². The van der Waals surface area contributed by atoms with Gasteiger partial charge in [-0.3, -0.25) is 0 Å². The van der Waals surface area contributed by atoms with Gasteiger partial charge in [-0.05, 0) is 76.3 Å². The molecule has 13 nitrogen and oxygen atoms in total. The molecule has 1 aromatic carbocycles. The van der Waals surface area contributed by atoms with Crippen LogP contribution in [0.15, 0.2) is 46.3 Å². The number of piperidine rings is 1. The fourth-order valence-electron chi connectivity index (χ4n) is 6.65. The van der Waals surface area contributed by atoms with Gasteiger partial charge in [0.25, 0.3) is 10.0 Å². The summed E-state index contributed by atoms with van der Waals surface area (Å²) in [6, 6.07) is 9.41. The number of aliphatic hydroxyl groups excluding tert-OH is 2. The van der Waals surface area contributed by atoms with Crippen molar-refractivity contribution in [2.45, 2.75) is 84.0 Å². The van der Waals surface area contributed by atoms with Crippen LogP contribution in [0, 0.1) is 0 Å². The van der Waals surface area contributed by atoms with Gasteiger partial charge in [0.05, 0.1) is 40.7 Å². The Labute approximate surface area is 270 Å². The summed E-state index contributed by atoms with van der Waals surface area (Å²) in [5.74, 6) is 0.646. The second kappa shape index (κ2) is 12.2. The minimum atomic E-state index is -3.82. The van der Waals surface area contributed by atoms with Gasteiger partial charge in [-0.2, -0.15) is 9.29 Å². The van der Waals surface area contributed by atoms with Gasteiger partial charge >= 0.3 is 0 Å². The van der Waals surface area contributed by atoms with Crippen molar-refractivity contribution in [3.05, 3.63) is 36.4 Å². The molecule has 3 aliphatic heterocycles. The number of rotatable bonds is 11. The number of hydrogen-bond donors (Lipinski definition) is 3. The highest BCUT2D eigenvalue weighted by atomic mass is 32.2. The van der Waals surface area contributed by atoms with Crippen LogP contribution in [0.25, 0.3) is 0 Å². The number of pyridine rings is 1. The largest absolute Gasteiger partial charge is 0.491 e. The highest BCUT2D eigenvalue weighted by Gasteiger charge is 2.54. The number of benzene rings is 1. The van der Waals surface area contributed by atoms with Gasteiger partial charge in [-0.25, -0.2) is 16.8 Å². The summed E-state index contributed by atoms with van der Waals surface area (Å²) in [6.45, 7) is 5.41. The lowest BCUT2D eigenvalue weighted by Gasteiger charge is -2.39. The first-order valence-electron chi connectivity index (χ1n) is 15.7. The third-order valence-electron chi connectivity index (χ3n) is 9.53. The number of aromatic nitrogens is 1. The molecule has 2 saturated heterocycles. The Bertz CT molecular complexity index is 1660. The number of nitrogens with one attached hydrogen (secondary N) is 1. The zero-order valence-corrected chi connectivity index (χ0v) is 28.1. The molecule has 6 rings (SSSR count). The SMILES string of the molecule is CN1CC(C)(C)Oc2nc(S(=O)(=O)N3CCC4(CC3)C[C@@H](NCC(O)COc3cccc(S(=O)(=O)C5(CO)CC5)c3)CO4)ccc21. The van der Waals surface area contributed by atoms with Gasteiger partial charge in [0, 0.05) is 32.7 Å². The van der Waals surface area contributed by atoms with Crippen LogP contribution in [0.2, 0.25) is 0 Å². The van der Waals surface area contributed by atoms with E-state index in [4.69, 9.17) is 14.2 Å². The molecule has 4 heterocycles. The van der Waals surface area contributed by atoms with E-state index in [1.54, 1.807) is 18.2 Å². The predicted octanol–water partition coefficient (Wildman–Crippen LogP) is 1.33. The topological polar surface area (TPSA) is 168 Å². The summed E-state index contributed by atoms with van der Waals surface area (Å²) in [7, 11) is -5.56. The number of sulfonamides is 1. The zero-order chi connectivity index (χ0) is 33.0. The Morgan fingerprint density at radius 2 is 1.85 bits per heavy atom. The van der Waals surface area contributed by atoms with E-state index >= 15 is 0 Å². The molecule has 1 spiro atoms. The zero-order valence-electron chi connectivity index (χ0n) is 26.5. The van der Waals surface area contributed by atoms with E-state index in [9.17, 15) is 27.0 Å². The molecule has 1 unspecified atom stereocenters. The lowest BCUT2D eigenvalue weighted by molar-refractivity contribution is -0.0312. The van der Waals surface area contributed by atoms with Crippen LogP contribution < -0.4 is 19.7 Å². The van der Waals surface area contributed by atoms with E-state index in [1.807, 2.05) is 25.8 Å². The number of hydrogen-bond acceptors (Lipinski definition) is 12. The summed E-state index contributed by atoms with van der Waals surface area (Å²) >= 11 is 0. The van der Waals surface area contributed by atoms with Crippen LogP contribution in [0.5, 0.6) is 11.6 Å². The molecule has 0 bridgehead atoms. The van der Waals surface area contributed by atoms with Crippen molar-refractivity contribution in [1.29, 1.82) is 0 Å². The Morgan fingerprint density at radius 1 is 1.11 bits per heavy atom. The summed E-state index contributed by atoms with van der Waals surface area (Å²) in [5.41, 5.74) is -0.167. The average molecular weight is 681 g/mol. The van der Waals surface area contributed by atoms with Crippen molar-refractivity contribution in [3.8, 4) is 11.6 Å². The van der Waals surface area contributed by atoms with Gasteiger partial charge in [0.2, 0.25) is 5.88 Å². The lowest BCUT2D eigenvalue weighted by atomic mass is 9.88. The smallest absolute Gasteiger partial charge is 0.260 e. The Kier molecular flexibility index (Phi) is 8.83. The summed E-state index contributed by atoms with van der Waals surface area (Å²) in [5, 5.41) is 23.4. The van der Waals surface area contributed by atoms with Gasteiger partial charge in [0.1, 0.15) is 24.1 Å². The van der Waals surface area contributed by atoms with E-state index in [0.29, 0.717) is 70.0 Å². The number of ether oxygens (including phenoxy) is 3. The van der Waals surface area contributed by atoms with Crippen LogP contribution in [0.3, 0.4) is 0 Å². The molecule has 254 valence electrons. The number of anilines is 1. The lowest BCUT2D eigenvalue weighted by Crippen LogP contribution is -2.47. The first kappa shape index (κ1) is 33.4. The first-order chi connectivity index (χ1) is 21.7. The first-order valence-corrected chi connectivity index (χ1v) is 18.7. The molecule has 1 aliphatic carbocycles. The standard InChI is InChI=1S/C31H44N4O9S2/c1-29(2)20-34(3)26-7-8-27(33-28(26)44-29)46(40,41)35-13-11-30(12-14-35)16-22(18-43-30)32-17-23(37)19-42-24-5-4-6-25(15-24)45(38,39)31(21-36)9-10-31/h4-8,15,22-23,32,36-37H,9-14,16-21H2,1-3H3/t22-,23?/m1/s1. The minimum absolute atomic E-state index is 0.0145. The van der Waals surface area contributed by atoms with Crippen molar-refractivity contribution in [1.82, 2.24) is 14.6 Å². The number of nitrogens with zero attached hydrogens (tertiary/aromatic N) is 3. The number of aliphatic hydroxyl groups is 2. The highest BCUT2D eigenvalue weighted by Crippen LogP contribution is 2.46. The van der Waals surface area contributed by atoms with E-state index < -0.39 is 48.5 Å². The molecule has 0 amide bonds. The van der Waals surface area contributed by atoms with Crippen LogP contribution in [0.1, 0.15) is 46.0 Å². The molecule has 2 aromatic rings. The van der Waals surface area contributed by atoms with Crippen molar-refractivity contribution < 1.29 is 41.3 Å². The monoisotopic (exact) mass is 680 g/mol. The van der Waals surface area contributed by atoms with E-state index in [0.717, 1.165) is 5.69 Å². The normalized spacial score (nSPS) is 24.3. The molecule has 1 aromatic heterocycles. The molecule has 2 atom stereocenters. The van der Waals surface area contributed by atoms with E-state index in [-0.39, 0.29) is 29.1 Å². The van der Waals surface area contributed by atoms with Crippen molar-refractivity contribution in [2.75, 3.05) is 57.9 Å². The minimum Gasteiger partial charge on any atom is -0.491 e. The average Bonchev–Trinajstić information content (AvgIpc) is 3.74. The molecule has 3 N–H and O–H groups in total. The Balaban J connectivity index is 0.976. The van der Waals surface area contributed by atoms with Crippen molar-refractivity contribution in [2.24, 2.45) is 0 Å². The molecule has 1 saturated carbocycles. The van der Waals surface area contributed by atoms with Gasteiger partial charge in [0.15, 0.2) is 14.9 Å². The molecule has 3 fully saturated rings. The Hall–Kier alpha value is -2.53. The second-order valence-electron chi connectivity index (χ2n) is 13.7. The number of sulfone groups is 1. The molecule has 15 heteroatoms. The number of fused-ring (bicyclic) bond motifs is 1. The van der Waals surface area contributed by atoms with Gasteiger partial charge in [-0.15, -0.1) is 0 Å². The van der Waals surface area contributed by atoms with Crippen LogP contribution in [-0.4, -0.2) is 117 Å². The van der Waals surface area contributed by atoms with Gasteiger partial charge in [-0.1, -0.05) is 6.07 Å². The third kappa shape index (κ3) is 6.47. The van der Waals surface area contributed by atoms with Gasteiger partial charge < -0.3 is 34.6 Å². The molecular weight excluding hydrogens is 636 g/mol. The summed E-state index contributed by atoms with van der Waals surface area (Å²) in [4.78, 5) is 6.52. The van der Waals surface area contributed by atoms with Crippen LogP contribution in [0.4, 0.5) is 5.69 Å². The quantitative estimate of drug-likeness (QED) is 0.312. The van der Waals surface area contributed by atoms with E-state index in [1.165, 1.54) is 22.5 Å². The summed E-state index contributed by atoms with van der Waals surface area (Å²) in [6.07, 6.45) is 1.80. The predicted molar refractivity (Wildman–Crippen MR) is 169 cm³/mol. The molecule has 46 heavy (non-hydrogen) atoms. The molecular formula is C31H44N4O9S2. The Morgan fingerprint density at radius 3 is 2.54 bits per heavy atom.